The van der Waals surface area contributed by atoms with Gasteiger partial charge < -0.3 is 9.80 Å². The Hall–Kier alpha value is -3.39. The fourth-order valence-electron chi connectivity index (χ4n) is 5.06. The number of likely N-dealkylation sites (tertiary alicyclic amines) is 1. The molecule has 2 aromatic carbocycles. The van der Waals surface area contributed by atoms with Crippen molar-refractivity contribution in [1.82, 2.24) is 19.8 Å². The first kappa shape index (κ1) is 23.4. The van der Waals surface area contributed by atoms with Crippen molar-refractivity contribution in [2.75, 3.05) is 44.2 Å². The zero-order valence-electron chi connectivity index (χ0n) is 19.6. The van der Waals surface area contributed by atoms with Gasteiger partial charge in [0, 0.05) is 63.3 Å². The largest absolute Gasteiger partial charge is 0.339 e. The molecule has 182 valence electrons. The van der Waals surface area contributed by atoms with Crippen molar-refractivity contribution in [1.29, 1.82) is 0 Å². The molecule has 2 aliphatic heterocycles. The Labute approximate surface area is 204 Å². The maximum atomic E-state index is 14.3. The highest BCUT2D eigenvalue weighted by Gasteiger charge is 2.31. The second-order valence-corrected chi connectivity index (χ2v) is 9.26. The highest BCUT2D eigenvalue weighted by atomic mass is 19.1. The van der Waals surface area contributed by atoms with Gasteiger partial charge in [-0.3, -0.25) is 9.69 Å². The molecule has 5 rings (SSSR count). The summed E-state index contributed by atoms with van der Waals surface area (Å²) >= 11 is 0. The Kier molecular flexibility index (Phi) is 6.99. The number of aromatic nitrogens is 2. The van der Waals surface area contributed by atoms with Gasteiger partial charge in [-0.15, -0.1) is 0 Å². The molecule has 8 heteroatoms. The Morgan fingerprint density at radius 1 is 0.943 bits per heavy atom. The minimum Gasteiger partial charge on any atom is -0.339 e. The zero-order valence-corrected chi connectivity index (χ0v) is 19.6. The van der Waals surface area contributed by atoms with Crippen LogP contribution in [0.2, 0.25) is 0 Å². The number of rotatable bonds is 5. The topological polar surface area (TPSA) is 52.6 Å². The lowest BCUT2D eigenvalue weighted by atomic mass is 9.95. The lowest BCUT2D eigenvalue weighted by Gasteiger charge is -2.39. The molecule has 35 heavy (non-hydrogen) atoms. The number of nitrogens with zero attached hydrogens (tertiary/aromatic N) is 5. The average Bonchev–Trinajstić information content (AvgIpc) is 2.89. The number of halogens is 2. The molecule has 1 aromatic heterocycles. The Morgan fingerprint density at radius 3 is 2.51 bits per heavy atom. The summed E-state index contributed by atoms with van der Waals surface area (Å²) < 4.78 is 27.6. The van der Waals surface area contributed by atoms with Gasteiger partial charge in [0.1, 0.15) is 11.6 Å². The van der Waals surface area contributed by atoms with Crippen molar-refractivity contribution < 1.29 is 13.6 Å². The molecule has 2 aliphatic rings. The molecule has 1 amide bonds. The van der Waals surface area contributed by atoms with Crippen molar-refractivity contribution in [2.24, 2.45) is 5.92 Å². The van der Waals surface area contributed by atoms with Crippen LogP contribution in [0.4, 0.5) is 14.7 Å². The number of benzene rings is 2. The van der Waals surface area contributed by atoms with Crippen LogP contribution in [0.5, 0.6) is 0 Å². The van der Waals surface area contributed by atoms with E-state index in [1.807, 2.05) is 29.2 Å². The van der Waals surface area contributed by atoms with Crippen molar-refractivity contribution in [3.05, 3.63) is 78.1 Å². The predicted molar refractivity (Wildman–Crippen MR) is 131 cm³/mol. The van der Waals surface area contributed by atoms with Gasteiger partial charge in [-0.05, 0) is 54.8 Å². The fraction of sp³-hybridized carbons (Fsp3) is 0.370. The molecular formula is C27H29F2N5O. The Balaban J connectivity index is 1.19. The van der Waals surface area contributed by atoms with Crippen molar-refractivity contribution in [3.8, 4) is 11.1 Å². The van der Waals surface area contributed by atoms with E-state index >= 15 is 0 Å². The SMILES string of the molecule is O=C(C1CCCN(Cc2cccc(-c3ccc(F)cc3F)c2)C1)N1CCN(c2ncccn2)CC1. The standard InChI is InChI=1S/C27H29F2N5O/c28-23-7-8-24(25(29)17-23)21-5-1-4-20(16-21)18-32-11-2-6-22(19-32)26(35)33-12-14-34(15-13-33)27-30-9-3-10-31-27/h1,3-5,7-10,16-17,22H,2,6,11-15,18-19H2. The lowest BCUT2D eigenvalue weighted by molar-refractivity contribution is -0.137. The number of amides is 1. The molecule has 2 saturated heterocycles. The number of piperidine rings is 1. The summed E-state index contributed by atoms with van der Waals surface area (Å²) in [7, 11) is 0. The van der Waals surface area contributed by atoms with Crippen LogP contribution in [-0.2, 0) is 11.3 Å². The van der Waals surface area contributed by atoms with Crippen LogP contribution in [0.15, 0.2) is 60.9 Å². The third-order valence-corrected chi connectivity index (χ3v) is 6.86. The van der Waals surface area contributed by atoms with E-state index in [0.29, 0.717) is 31.1 Å². The molecule has 0 saturated carbocycles. The second-order valence-electron chi connectivity index (χ2n) is 9.26. The number of carbonyl (C=O) groups is 1. The minimum absolute atomic E-state index is 0.0130. The van der Waals surface area contributed by atoms with E-state index in [2.05, 4.69) is 19.8 Å². The van der Waals surface area contributed by atoms with E-state index < -0.39 is 11.6 Å². The maximum absolute atomic E-state index is 14.3. The van der Waals surface area contributed by atoms with Crippen molar-refractivity contribution >= 4 is 11.9 Å². The summed E-state index contributed by atoms with van der Waals surface area (Å²) in [5.74, 6) is -0.219. The summed E-state index contributed by atoms with van der Waals surface area (Å²) in [6.07, 6.45) is 5.35. The summed E-state index contributed by atoms with van der Waals surface area (Å²) in [6, 6.07) is 13.2. The molecule has 0 N–H and O–H groups in total. The molecule has 0 aliphatic carbocycles. The first-order chi connectivity index (χ1) is 17.1. The van der Waals surface area contributed by atoms with Crippen LogP contribution < -0.4 is 4.90 Å². The smallest absolute Gasteiger partial charge is 0.227 e. The van der Waals surface area contributed by atoms with E-state index in [-0.39, 0.29) is 11.8 Å². The molecule has 2 fully saturated rings. The molecule has 1 unspecified atom stereocenters. The number of hydrogen-bond acceptors (Lipinski definition) is 5. The Morgan fingerprint density at radius 2 is 1.74 bits per heavy atom. The number of hydrogen-bond donors (Lipinski definition) is 0. The van der Waals surface area contributed by atoms with Gasteiger partial charge in [0.2, 0.25) is 11.9 Å². The average molecular weight is 478 g/mol. The third-order valence-electron chi connectivity index (χ3n) is 6.86. The van der Waals surface area contributed by atoms with Crippen LogP contribution >= 0.6 is 0 Å². The van der Waals surface area contributed by atoms with Crippen LogP contribution in [0, 0.1) is 17.6 Å². The van der Waals surface area contributed by atoms with Gasteiger partial charge in [0.15, 0.2) is 0 Å². The lowest BCUT2D eigenvalue weighted by Crippen LogP contribution is -2.52. The molecule has 0 spiro atoms. The van der Waals surface area contributed by atoms with Crippen molar-refractivity contribution in [2.45, 2.75) is 19.4 Å². The molecule has 3 heterocycles. The summed E-state index contributed by atoms with van der Waals surface area (Å²) in [5, 5.41) is 0. The zero-order chi connectivity index (χ0) is 24.2. The van der Waals surface area contributed by atoms with Crippen LogP contribution in [0.25, 0.3) is 11.1 Å². The number of piperazine rings is 1. The third kappa shape index (κ3) is 5.48. The summed E-state index contributed by atoms with van der Waals surface area (Å²) in [5.41, 5.74) is 2.17. The molecule has 6 nitrogen and oxygen atoms in total. The van der Waals surface area contributed by atoms with E-state index in [9.17, 15) is 13.6 Å². The first-order valence-corrected chi connectivity index (χ1v) is 12.1. The van der Waals surface area contributed by atoms with Gasteiger partial charge >= 0.3 is 0 Å². The molecule has 3 aromatic rings. The van der Waals surface area contributed by atoms with Crippen LogP contribution in [0.3, 0.4) is 0 Å². The molecule has 0 bridgehead atoms. The van der Waals surface area contributed by atoms with E-state index in [1.165, 1.54) is 12.1 Å². The first-order valence-electron chi connectivity index (χ1n) is 12.1. The summed E-state index contributed by atoms with van der Waals surface area (Å²) in [4.78, 5) is 28.3. The molecule has 0 radical (unpaired) electrons. The van der Waals surface area contributed by atoms with Gasteiger partial charge in [-0.2, -0.15) is 0 Å². The van der Waals surface area contributed by atoms with Gasteiger partial charge in [0.25, 0.3) is 0 Å². The van der Waals surface area contributed by atoms with E-state index in [4.69, 9.17) is 0 Å². The quantitative estimate of drug-likeness (QED) is 0.557. The van der Waals surface area contributed by atoms with Gasteiger partial charge in [-0.1, -0.05) is 18.2 Å². The van der Waals surface area contributed by atoms with Crippen molar-refractivity contribution in [3.63, 3.8) is 0 Å². The predicted octanol–water partition coefficient (Wildman–Crippen LogP) is 3.98. The Bertz CT molecular complexity index is 1170. The normalized spacial score (nSPS) is 19.1. The monoisotopic (exact) mass is 477 g/mol. The fourth-order valence-corrected chi connectivity index (χ4v) is 5.06. The van der Waals surface area contributed by atoms with E-state index in [0.717, 1.165) is 56.2 Å². The highest BCUT2D eigenvalue weighted by Crippen LogP contribution is 2.26. The number of carbonyl (C=O) groups excluding carboxylic acids is 1. The van der Waals surface area contributed by atoms with Gasteiger partial charge in [-0.25, -0.2) is 18.7 Å². The second kappa shape index (κ2) is 10.5. The summed E-state index contributed by atoms with van der Waals surface area (Å²) in [6.45, 7) is 5.17. The highest BCUT2D eigenvalue weighted by molar-refractivity contribution is 5.79. The molecule has 1 atom stereocenters. The minimum atomic E-state index is -0.582. The maximum Gasteiger partial charge on any atom is 0.227 e. The van der Waals surface area contributed by atoms with Crippen LogP contribution in [-0.4, -0.2) is 64.9 Å². The van der Waals surface area contributed by atoms with Crippen LogP contribution in [0.1, 0.15) is 18.4 Å². The van der Waals surface area contributed by atoms with Gasteiger partial charge in [0.05, 0.1) is 5.92 Å². The number of anilines is 1. The molecular weight excluding hydrogens is 448 g/mol. The van der Waals surface area contributed by atoms with E-state index in [1.54, 1.807) is 18.5 Å².